The molecule has 11 amide bonds. The van der Waals surface area contributed by atoms with Crippen LogP contribution in [0.15, 0.2) is 24.4 Å². The zero-order chi connectivity index (χ0) is 70.7. The van der Waals surface area contributed by atoms with Crippen molar-refractivity contribution in [3.05, 3.63) is 30.1 Å². The van der Waals surface area contributed by atoms with E-state index < -0.39 is 155 Å². The lowest BCUT2D eigenvalue weighted by Gasteiger charge is -2.41. The number of likely N-dealkylation sites (N-methyl/N-ethyl adjacent to an activating group) is 7. The predicted octanol–water partition coefficient (Wildman–Crippen LogP) is 4.41. The molecular formula is C67H116N12O12S. The Morgan fingerprint density at radius 3 is 1.38 bits per heavy atom. The third-order valence-corrected chi connectivity index (χ3v) is 18.5. The number of carbonyl (C=O) groups excluding carboxylic acids is 11. The van der Waals surface area contributed by atoms with Crippen molar-refractivity contribution < 1.29 is 57.8 Å². The normalized spacial score (nSPS) is 26.4. The van der Waals surface area contributed by atoms with Gasteiger partial charge in [-0.05, 0) is 125 Å². The molecule has 0 aliphatic carbocycles. The van der Waals surface area contributed by atoms with Gasteiger partial charge in [-0.15, -0.1) is 11.8 Å². The Bertz CT molecular complexity index is 2640. The number of aromatic nitrogens is 1. The molecule has 522 valence electrons. The lowest BCUT2D eigenvalue weighted by Crippen LogP contribution is -2.64. The first-order chi connectivity index (χ1) is 42.7. The summed E-state index contributed by atoms with van der Waals surface area (Å²) in [6, 6.07) is -6.97. The molecule has 1 saturated heterocycles. The number of pyridine rings is 1. The number of amides is 11. The van der Waals surface area contributed by atoms with Gasteiger partial charge in [-0.1, -0.05) is 103 Å². The van der Waals surface area contributed by atoms with Crippen molar-refractivity contribution in [3.8, 4) is 0 Å². The Morgan fingerprint density at radius 2 is 0.924 bits per heavy atom. The van der Waals surface area contributed by atoms with Gasteiger partial charge in [0.1, 0.15) is 60.4 Å². The van der Waals surface area contributed by atoms with E-state index in [0.717, 1.165) is 22.4 Å². The molecule has 2 heterocycles. The average molecular weight is 1310 g/mol. The number of nitrogens with one attached hydrogen (secondary N) is 4. The second-order valence-electron chi connectivity index (χ2n) is 27.8. The van der Waals surface area contributed by atoms with Gasteiger partial charge in [0.25, 0.3) is 5.91 Å². The van der Waals surface area contributed by atoms with Gasteiger partial charge >= 0.3 is 0 Å². The minimum absolute atomic E-state index is 0.00164. The summed E-state index contributed by atoms with van der Waals surface area (Å²) in [6.45, 7) is 28.2. The highest BCUT2D eigenvalue weighted by molar-refractivity contribution is 7.99. The standard InChI is InChI=1S/C67H116N12O12S/c1-25-47-61(86)79(23)67(92-24)66(91)74(18)49(34-38(4)5)58(83)72-52(41(10)11)64(89)73(17)48(33-37(2)3)57(82)69-44(15)56(81)70-45(16)60(85)75(19)50(35-39(6)7)62(87)76(20)51(36-40(8)9)63(88)77(21)53(42(12)13)65(90)78(22)54(59(84)71-47)55(80)43(14)29-28-31-46-30-26-27-32-68-46/h26-27,30,32,37-45,47-55,67,80H,25,28-29,31,33-36H2,1-24H3,(H,69,82)(H,70,81)(H,71,84)(H,72,83)/t43-,44+,45-,47+,48+,49+,50-,51+,52+,53+,54-,55-,67-/m1/s1. The molecule has 24 nitrogen and oxygen atoms in total. The molecular weight excluding hydrogens is 1200 g/mol. The van der Waals surface area contributed by atoms with Crippen LogP contribution in [0.5, 0.6) is 0 Å². The van der Waals surface area contributed by atoms with Crippen LogP contribution in [0.1, 0.15) is 161 Å². The minimum atomic E-state index is -1.64. The summed E-state index contributed by atoms with van der Waals surface area (Å²) >= 11 is 1.02. The number of rotatable bonds is 18. The third kappa shape index (κ3) is 22.4. The van der Waals surface area contributed by atoms with Crippen LogP contribution in [0.2, 0.25) is 0 Å². The van der Waals surface area contributed by atoms with E-state index in [9.17, 15) is 38.7 Å². The number of aliphatic hydroxyl groups is 1. The van der Waals surface area contributed by atoms with Crippen molar-refractivity contribution in [2.75, 3.05) is 55.6 Å². The van der Waals surface area contributed by atoms with Crippen LogP contribution >= 0.6 is 11.8 Å². The van der Waals surface area contributed by atoms with Gasteiger partial charge in [0.15, 0.2) is 5.37 Å². The van der Waals surface area contributed by atoms with E-state index in [2.05, 4.69) is 26.3 Å². The molecule has 1 aliphatic heterocycles. The number of thioether (sulfide) groups is 1. The summed E-state index contributed by atoms with van der Waals surface area (Å²) in [6.07, 6.45) is 3.86. The number of hydrogen-bond acceptors (Lipinski definition) is 14. The Morgan fingerprint density at radius 1 is 0.478 bits per heavy atom. The zero-order valence-electron chi connectivity index (χ0n) is 59.9. The van der Waals surface area contributed by atoms with Crippen LogP contribution in [0.3, 0.4) is 0 Å². The largest absolute Gasteiger partial charge is 0.390 e. The van der Waals surface area contributed by atoms with E-state index in [-0.39, 0.29) is 55.8 Å². The molecule has 5 N–H and O–H groups in total. The summed E-state index contributed by atoms with van der Waals surface area (Å²) < 4.78 is 0. The highest BCUT2D eigenvalue weighted by Crippen LogP contribution is 2.27. The Hall–Kier alpha value is -6.37. The van der Waals surface area contributed by atoms with Gasteiger partial charge in [0.05, 0.1) is 6.10 Å². The van der Waals surface area contributed by atoms with Gasteiger partial charge in [-0.3, -0.25) is 57.7 Å². The Labute approximate surface area is 553 Å². The first kappa shape index (κ1) is 81.7. The topological polar surface area (TPSA) is 292 Å². The molecule has 92 heavy (non-hydrogen) atoms. The zero-order valence-corrected chi connectivity index (χ0v) is 60.7. The number of aliphatic hydroxyl groups excluding tert-OH is 1. The lowest BCUT2D eigenvalue weighted by molar-refractivity contribution is -0.157. The highest BCUT2D eigenvalue weighted by Gasteiger charge is 2.46. The monoisotopic (exact) mass is 1310 g/mol. The maximum absolute atomic E-state index is 15.4. The summed E-state index contributed by atoms with van der Waals surface area (Å²) in [5.41, 5.74) is 0.825. The molecule has 0 aromatic carbocycles. The molecule has 0 bridgehead atoms. The van der Waals surface area contributed by atoms with Crippen molar-refractivity contribution in [1.29, 1.82) is 0 Å². The molecule has 0 saturated carbocycles. The molecule has 1 aromatic rings. The van der Waals surface area contributed by atoms with Crippen LogP contribution in [0.4, 0.5) is 0 Å². The van der Waals surface area contributed by atoms with E-state index in [1.165, 1.54) is 92.6 Å². The molecule has 13 atom stereocenters. The van der Waals surface area contributed by atoms with Crippen molar-refractivity contribution in [2.24, 2.45) is 41.4 Å². The van der Waals surface area contributed by atoms with E-state index in [0.29, 0.717) is 19.3 Å². The molecule has 1 aromatic heterocycles. The van der Waals surface area contributed by atoms with Crippen molar-refractivity contribution in [3.63, 3.8) is 0 Å². The van der Waals surface area contributed by atoms with Gasteiger partial charge in [0.2, 0.25) is 59.1 Å². The van der Waals surface area contributed by atoms with Crippen molar-refractivity contribution in [1.82, 2.24) is 60.6 Å². The fourth-order valence-corrected chi connectivity index (χ4v) is 12.6. The number of nitrogens with zero attached hydrogens (tertiary/aromatic N) is 8. The summed E-state index contributed by atoms with van der Waals surface area (Å²) in [5, 5.41) is 22.3. The van der Waals surface area contributed by atoms with E-state index in [1.54, 1.807) is 60.1 Å². The highest BCUT2D eigenvalue weighted by atomic mass is 32.2. The second-order valence-corrected chi connectivity index (χ2v) is 28.7. The molecule has 0 radical (unpaired) electrons. The van der Waals surface area contributed by atoms with Crippen LogP contribution in [0.25, 0.3) is 0 Å². The molecule has 0 spiro atoms. The molecule has 0 unspecified atom stereocenters. The number of hydrogen-bond donors (Lipinski definition) is 5. The first-order valence-electron chi connectivity index (χ1n) is 32.9. The van der Waals surface area contributed by atoms with Crippen LogP contribution in [-0.2, 0) is 59.2 Å². The SMILES string of the molecule is CC[C@@H]1NC(=O)[C@@H]([C@H](O)[C@H](C)CCCc2ccccn2)N(C)C(=O)[C@H](C(C)C)N(C)C(=O)[C@H](CC(C)C)N(C)C(=O)[C@@H](CC(C)C)N(C)C(=O)[C@@H](C)NC(=O)[C@H](C)NC(=O)[C@H](CC(C)C)N(C)C(=O)[C@H](C(C)C)NC(=O)[C@H](CC(C)C)N(C)C(=O)[C@@H](SC)N(C)C1=O. The van der Waals surface area contributed by atoms with Crippen LogP contribution < -0.4 is 21.3 Å². The Balaban J connectivity index is 3.03. The Kier molecular flexibility index (Phi) is 33.3. The van der Waals surface area contributed by atoms with Gasteiger partial charge in [-0.2, -0.15) is 0 Å². The molecule has 2 rings (SSSR count). The van der Waals surface area contributed by atoms with Crippen molar-refractivity contribution in [2.45, 2.75) is 234 Å². The maximum Gasteiger partial charge on any atom is 0.256 e. The summed E-state index contributed by atoms with van der Waals surface area (Å²) in [5.74, 6) is -9.86. The smallest absolute Gasteiger partial charge is 0.256 e. The molecule has 1 aliphatic rings. The second kappa shape index (κ2) is 37.5. The third-order valence-electron chi connectivity index (χ3n) is 17.5. The first-order valence-corrected chi connectivity index (χ1v) is 34.2. The minimum Gasteiger partial charge on any atom is -0.390 e. The number of carbonyl (C=O) groups is 11. The van der Waals surface area contributed by atoms with E-state index in [4.69, 9.17) is 0 Å². The van der Waals surface area contributed by atoms with E-state index >= 15 is 19.2 Å². The lowest BCUT2D eigenvalue weighted by atomic mass is 9.90. The molecule has 1 fully saturated rings. The summed E-state index contributed by atoms with van der Waals surface area (Å²) in [4.78, 5) is 176. The molecule has 25 heteroatoms. The summed E-state index contributed by atoms with van der Waals surface area (Å²) in [7, 11) is 10.0. The fraction of sp³-hybridized carbons (Fsp3) is 0.761. The van der Waals surface area contributed by atoms with Crippen molar-refractivity contribution >= 4 is 76.7 Å². The van der Waals surface area contributed by atoms with E-state index in [1.807, 2.05) is 67.5 Å². The number of aryl methyl sites for hydroxylation is 1. The van der Waals surface area contributed by atoms with Gasteiger partial charge in [-0.25, -0.2) is 0 Å². The average Bonchev–Trinajstić information content (AvgIpc) is 0.819. The van der Waals surface area contributed by atoms with Gasteiger partial charge < -0.3 is 60.7 Å². The van der Waals surface area contributed by atoms with Crippen LogP contribution in [0, 0.1) is 41.4 Å². The maximum atomic E-state index is 15.4. The predicted molar refractivity (Wildman–Crippen MR) is 359 cm³/mol. The van der Waals surface area contributed by atoms with Gasteiger partial charge in [0, 0.05) is 61.2 Å². The van der Waals surface area contributed by atoms with Crippen LogP contribution in [-0.4, -0.2) is 237 Å². The quantitative estimate of drug-likeness (QED) is 0.136. The fourth-order valence-electron chi connectivity index (χ4n) is 11.8.